The highest BCUT2D eigenvalue weighted by Gasteiger charge is 2.19. The summed E-state index contributed by atoms with van der Waals surface area (Å²) in [5, 5.41) is 2.73. The second-order valence-electron chi connectivity index (χ2n) is 6.36. The molecule has 150 valence electrons. The molecule has 0 fully saturated rings. The van der Waals surface area contributed by atoms with Crippen LogP contribution in [0.1, 0.15) is 16.1 Å². The van der Waals surface area contributed by atoms with E-state index in [0.29, 0.717) is 35.1 Å². The summed E-state index contributed by atoms with van der Waals surface area (Å²) in [6, 6.07) is 14.1. The normalized spacial score (nSPS) is 10.4. The zero-order valence-corrected chi connectivity index (χ0v) is 16.6. The summed E-state index contributed by atoms with van der Waals surface area (Å²) in [4.78, 5) is 25.7. The molecule has 2 aromatic carbocycles. The van der Waals surface area contributed by atoms with Crippen LogP contribution in [0.25, 0.3) is 5.69 Å². The second kappa shape index (κ2) is 8.52. The van der Waals surface area contributed by atoms with Crippen LogP contribution < -0.4 is 20.3 Å². The number of rotatable bonds is 7. The Labute approximate surface area is 168 Å². The highest BCUT2D eigenvalue weighted by atomic mass is 16.5. The van der Waals surface area contributed by atoms with Crippen LogP contribution in [0.3, 0.4) is 0 Å². The van der Waals surface area contributed by atoms with Gasteiger partial charge in [0.05, 0.1) is 18.5 Å². The quantitative estimate of drug-likeness (QED) is 0.625. The van der Waals surface area contributed by atoms with Gasteiger partial charge in [0.15, 0.2) is 11.5 Å². The third-order valence-corrected chi connectivity index (χ3v) is 4.58. The number of hydrogen-bond acceptors (Lipinski definition) is 4. The standard InChI is InChI=1S/C22H23N3O4/c1-5-13-29-18-12-11-16(14-19(18)28-4)21(26)23-20-15(2)24(3)25(22(20)27)17-9-7-6-8-10-17/h5-12,14H,1,13H2,2-4H3,(H,23,26). The third kappa shape index (κ3) is 3.94. The molecule has 7 heteroatoms. The number of hydrogen-bond donors (Lipinski definition) is 1. The maximum Gasteiger partial charge on any atom is 0.295 e. The van der Waals surface area contributed by atoms with Crippen LogP contribution in [-0.4, -0.2) is 29.0 Å². The third-order valence-electron chi connectivity index (χ3n) is 4.58. The van der Waals surface area contributed by atoms with Crippen molar-refractivity contribution in [3.8, 4) is 17.2 Å². The maximum absolute atomic E-state index is 12.9. The number of amides is 1. The molecule has 1 N–H and O–H groups in total. The van der Waals surface area contributed by atoms with Gasteiger partial charge < -0.3 is 14.8 Å². The van der Waals surface area contributed by atoms with Gasteiger partial charge in [0.25, 0.3) is 11.5 Å². The van der Waals surface area contributed by atoms with E-state index in [1.807, 2.05) is 30.3 Å². The molecule has 0 radical (unpaired) electrons. The van der Waals surface area contributed by atoms with E-state index in [0.717, 1.165) is 0 Å². The fourth-order valence-corrected chi connectivity index (χ4v) is 2.97. The number of aromatic nitrogens is 2. The Bertz CT molecular complexity index is 1100. The highest BCUT2D eigenvalue weighted by molar-refractivity contribution is 6.04. The summed E-state index contributed by atoms with van der Waals surface area (Å²) in [5.41, 5.74) is 1.63. The topological polar surface area (TPSA) is 74.5 Å². The molecule has 0 aliphatic heterocycles. The smallest absolute Gasteiger partial charge is 0.295 e. The van der Waals surface area contributed by atoms with Crippen LogP contribution in [0.15, 0.2) is 66.0 Å². The van der Waals surface area contributed by atoms with Crippen LogP contribution in [0, 0.1) is 6.92 Å². The van der Waals surface area contributed by atoms with E-state index < -0.39 is 5.91 Å². The lowest BCUT2D eigenvalue weighted by Crippen LogP contribution is -2.23. The van der Waals surface area contributed by atoms with Crippen LogP contribution in [0.5, 0.6) is 11.5 Å². The predicted molar refractivity (Wildman–Crippen MR) is 112 cm³/mol. The van der Waals surface area contributed by atoms with E-state index >= 15 is 0 Å². The first-order valence-corrected chi connectivity index (χ1v) is 9.05. The fraction of sp³-hybridized carbons (Fsp3) is 0.182. The Morgan fingerprint density at radius 1 is 1.17 bits per heavy atom. The monoisotopic (exact) mass is 393 g/mol. The molecule has 3 rings (SSSR count). The van der Waals surface area contributed by atoms with E-state index in [1.165, 1.54) is 11.8 Å². The van der Waals surface area contributed by atoms with Crippen molar-refractivity contribution in [1.82, 2.24) is 9.36 Å². The van der Waals surface area contributed by atoms with Crippen molar-refractivity contribution in [2.75, 3.05) is 19.0 Å². The van der Waals surface area contributed by atoms with E-state index in [1.54, 1.807) is 42.9 Å². The van der Waals surface area contributed by atoms with Crippen molar-refractivity contribution in [1.29, 1.82) is 0 Å². The Kier molecular flexibility index (Phi) is 5.87. The van der Waals surface area contributed by atoms with Gasteiger partial charge in [0.1, 0.15) is 12.3 Å². The van der Waals surface area contributed by atoms with Gasteiger partial charge in [0, 0.05) is 12.6 Å². The fourth-order valence-electron chi connectivity index (χ4n) is 2.97. The number of para-hydroxylation sites is 1. The number of benzene rings is 2. The van der Waals surface area contributed by atoms with Crippen molar-refractivity contribution in [3.05, 3.63) is 82.8 Å². The first kappa shape index (κ1) is 20.0. The van der Waals surface area contributed by atoms with Crippen molar-refractivity contribution in [2.24, 2.45) is 7.05 Å². The van der Waals surface area contributed by atoms with Gasteiger partial charge in [-0.15, -0.1) is 0 Å². The van der Waals surface area contributed by atoms with Gasteiger partial charge in [-0.05, 0) is 37.3 Å². The molecule has 0 unspecified atom stereocenters. The average molecular weight is 393 g/mol. The second-order valence-corrected chi connectivity index (χ2v) is 6.36. The van der Waals surface area contributed by atoms with Gasteiger partial charge in [-0.2, -0.15) is 0 Å². The first-order chi connectivity index (χ1) is 14.0. The van der Waals surface area contributed by atoms with Crippen molar-refractivity contribution in [2.45, 2.75) is 6.92 Å². The molecule has 0 saturated heterocycles. The molecule has 0 atom stereocenters. The van der Waals surface area contributed by atoms with Gasteiger partial charge in [-0.1, -0.05) is 30.9 Å². The summed E-state index contributed by atoms with van der Waals surface area (Å²) < 4.78 is 14.0. The molecule has 0 aliphatic carbocycles. The summed E-state index contributed by atoms with van der Waals surface area (Å²) in [7, 11) is 3.27. The molecule has 0 spiro atoms. The number of carbonyl (C=O) groups is 1. The Balaban J connectivity index is 1.92. The minimum absolute atomic E-state index is 0.229. The van der Waals surface area contributed by atoms with Crippen molar-refractivity contribution < 1.29 is 14.3 Å². The molecule has 3 aromatic rings. The van der Waals surface area contributed by atoms with Gasteiger partial charge in [-0.25, -0.2) is 4.68 Å². The van der Waals surface area contributed by atoms with Crippen LogP contribution in [-0.2, 0) is 7.05 Å². The molecule has 0 bridgehead atoms. The summed E-state index contributed by atoms with van der Waals surface area (Å²) in [6.45, 7) is 5.71. The van der Waals surface area contributed by atoms with Gasteiger partial charge in [0.2, 0.25) is 0 Å². The number of nitrogens with one attached hydrogen (secondary N) is 1. The van der Waals surface area contributed by atoms with Crippen molar-refractivity contribution >= 4 is 11.6 Å². The number of ether oxygens (including phenoxy) is 2. The zero-order valence-electron chi connectivity index (χ0n) is 16.6. The lowest BCUT2D eigenvalue weighted by Gasteiger charge is -2.11. The number of carbonyl (C=O) groups excluding carboxylic acids is 1. The molecule has 1 aromatic heterocycles. The summed E-state index contributed by atoms with van der Waals surface area (Å²) in [5.74, 6) is 0.516. The summed E-state index contributed by atoms with van der Waals surface area (Å²) >= 11 is 0. The molecule has 1 heterocycles. The molecule has 29 heavy (non-hydrogen) atoms. The highest BCUT2D eigenvalue weighted by Crippen LogP contribution is 2.28. The van der Waals surface area contributed by atoms with Crippen LogP contribution in [0.2, 0.25) is 0 Å². The zero-order chi connectivity index (χ0) is 21.0. The molecular weight excluding hydrogens is 370 g/mol. The summed E-state index contributed by atoms with van der Waals surface area (Å²) in [6.07, 6.45) is 1.62. The number of anilines is 1. The molecule has 0 saturated carbocycles. The lowest BCUT2D eigenvalue weighted by atomic mass is 10.2. The number of nitrogens with zero attached hydrogens (tertiary/aromatic N) is 2. The van der Waals surface area contributed by atoms with Gasteiger partial charge >= 0.3 is 0 Å². The lowest BCUT2D eigenvalue weighted by molar-refractivity contribution is 0.102. The Morgan fingerprint density at radius 2 is 1.90 bits per heavy atom. The average Bonchev–Trinajstić information content (AvgIpc) is 2.95. The van der Waals surface area contributed by atoms with Crippen LogP contribution >= 0.6 is 0 Å². The van der Waals surface area contributed by atoms with E-state index in [-0.39, 0.29) is 11.2 Å². The number of methoxy groups -OCH3 is 1. The molecule has 0 aliphatic rings. The largest absolute Gasteiger partial charge is 0.493 e. The van der Waals surface area contributed by atoms with E-state index in [2.05, 4.69) is 11.9 Å². The Hall–Kier alpha value is -3.74. The van der Waals surface area contributed by atoms with E-state index in [9.17, 15) is 9.59 Å². The maximum atomic E-state index is 12.9. The molecule has 1 amide bonds. The molecular formula is C22H23N3O4. The SMILES string of the molecule is C=CCOc1ccc(C(=O)Nc2c(C)n(C)n(-c3ccccc3)c2=O)cc1OC. The molecule has 7 nitrogen and oxygen atoms in total. The Morgan fingerprint density at radius 3 is 2.55 bits per heavy atom. The first-order valence-electron chi connectivity index (χ1n) is 9.05. The van der Waals surface area contributed by atoms with E-state index in [4.69, 9.17) is 9.47 Å². The minimum atomic E-state index is -0.412. The minimum Gasteiger partial charge on any atom is -0.493 e. The van der Waals surface area contributed by atoms with Crippen molar-refractivity contribution in [3.63, 3.8) is 0 Å². The predicted octanol–water partition coefficient (Wildman–Crippen LogP) is 3.31. The van der Waals surface area contributed by atoms with Crippen LogP contribution in [0.4, 0.5) is 5.69 Å². The van der Waals surface area contributed by atoms with Gasteiger partial charge in [-0.3, -0.25) is 14.3 Å².